The van der Waals surface area contributed by atoms with E-state index >= 15 is 0 Å². The highest BCUT2D eigenvalue weighted by Crippen LogP contribution is 2.24. The fourth-order valence-electron chi connectivity index (χ4n) is 3.09. The second kappa shape index (κ2) is 7.96. The maximum absolute atomic E-state index is 12.6. The molecule has 28 heavy (non-hydrogen) atoms. The zero-order chi connectivity index (χ0) is 20.3. The van der Waals surface area contributed by atoms with Crippen molar-refractivity contribution in [2.45, 2.75) is 33.1 Å². The van der Waals surface area contributed by atoms with Crippen molar-refractivity contribution in [1.29, 1.82) is 0 Å². The van der Waals surface area contributed by atoms with Crippen LogP contribution in [0.15, 0.2) is 36.7 Å². The summed E-state index contributed by atoms with van der Waals surface area (Å²) in [5, 5.41) is 3.16. The Bertz CT molecular complexity index is 833. The van der Waals surface area contributed by atoms with Crippen LogP contribution in [0.25, 0.3) is 0 Å². The van der Waals surface area contributed by atoms with Gasteiger partial charge in [0.1, 0.15) is 0 Å². The summed E-state index contributed by atoms with van der Waals surface area (Å²) < 4.78 is 0. The lowest BCUT2D eigenvalue weighted by Gasteiger charge is -2.34. The van der Waals surface area contributed by atoms with Gasteiger partial charge in [0.25, 0.3) is 5.91 Å². The van der Waals surface area contributed by atoms with Crippen molar-refractivity contribution >= 4 is 23.5 Å². The minimum Gasteiger partial charge on any atom is -0.339 e. The molecule has 0 unspecified atom stereocenters. The summed E-state index contributed by atoms with van der Waals surface area (Å²) in [7, 11) is 0. The first-order valence-electron chi connectivity index (χ1n) is 9.48. The van der Waals surface area contributed by atoms with Crippen LogP contribution in [0.5, 0.6) is 0 Å². The molecule has 7 heteroatoms. The summed E-state index contributed by atoms with van der Waals surface area (Å²) >= 11 is 0. The van der Waals surface area contributed by atoms with Gasteiger partial charge in [-0.15, -0.1) is 0 Å². The van der Waals surface area contributed by atoms with E-state index in [1.165, 1.54) is 5.56 Å². The first-order chi connectivity index (χ1) is 13.2. The fourth-order valence-corrected chi connectivity index (χ4v) is 3.09. The monoisotopic (exact) mass is 381 g/mol. The fraction of sp³-hybridized carbons (Fsp3) is 0.429. The molecule has 0 bridgehead atoms. The van der Waals surface area contributed by atoms with Gasteiger partial charge in [0.2, 0.25) is 11.9 Å². The average Bonchev–Trinajstić information content (AvgIpc) is 2.68. The number of rotatable bonds is 3. The van der Waals surface area contributed by atoms with E-state index < -0.39 is 0 Å². The largest absolute Gasteiger partial charge is 0.339 e. The van der Waals surface area contributed by atoms with Crippen molar-refractivity contribution in [3.05, 3.63) is 47.8 Å². The lowest BCUT2D eigenvalue weighted by molar-refractivity contribution is -0.130. The lowest BCUT2D eigenvalue weighted by atomic mass is 9.87. The van der Waals surface area contributed by atoms with Crippen molar-refractivity contribution in [3.63, 3.8) is 0 Å². The van der Waals surface area contributed by atoms with E-state index in [4.69, 9.17) is 0 Å². The van der Waals surface area contributed by atoms with Gasteiger partial charge in [-0.1, -0.05) is 32.9 Å². The Morgan fingerprint density at radius 3 is 1.96 bits per heavy atom. The molecule has 1 fully saturated rings. The molecule has 7 nitrogen and oxygen atoms in total. The number of carbonyl (C=O) groups is 2. The van der Waals surface area contributed by atoms with Crippen LogP contribution in [0.1, 0.15) is 43.6 Å². The molecular formula is C21H27N5O2. The molecule has 1 aliphatic heterocycles. The summed E-state index contributed by atoms with van der Waals surface area (Å²) in [4.78, 5) is 36.0. The van der Waals surface area contributed by atoms with E-state index in [-0.39, 0.29) is 17.2 Å². The second-order valence-electron chi connectivity index (χ2n) is 8.05. The van der Waals surface area contributed by atoms with E-state index in [9.17, 15) is 9.59 Å². The first-order valence-corrected chi connectivity index (χ1v) is 9.48. The van der Waals surface area contributed by atoms with Gasteiger partial charge in [0.05, 0.1) is 5.56 Å². The maximum Gasteiger partial charge on any atom is 0.257 e. The highest BCUT2D eigenvalue weighted by Gasteiger charge is 2.23. The van der Waals surface area contributed by atoms with E-state index in [1.807, 2.05) is 12.1 Å². The van der Waals surface area contributed by atoms with E-state index in [0.29, 0.717) is 37.7 Å². The Kier molecular flexibility index (Phi) is 5.63. The molecule has 2 heterocycles. The quantitative estimate of drug-likeness (QED) is 0.884. The first kappa shape index (κ1) is 19.8. The van der Waals surface area contributed by atoms with Crippen LogP contribution < -0.4 is 5.32 Å². The van der Waals surface area contributed by atoms with Gasteiger partial charge < -0.3 is 15.1 Å². The minimum atomic E-state index is -0.107. The van der Waals surface area contributed by atoms with Gasteiger partial charge in [-0.05, 0) is 23.1 Å². The average molecular weight is 381 g/mol. The third-order valence-corrected chi connectivity index (χ3v) is 4.92. The van der Waals surface area contributed by atoms with E-state index in [1.54, 1.807) is 29.1 Å². The number of aromatic nitrogens is 2. The molecule has 0 aliphatic carbocycles. The molecule has 3 rings (SSSR count). The van der Waals surface area contributed by atoms with Crippen molar-refractivity contribution < 1.29 is 9.59 Å². The number of amides is 2. The third-order valence-electron chi connectivity index (χ3n) is 4.92. The number of anilines is 2. The molecule has 1 N–H and O–H groups in total. The highest BCUT2D eigenvalue weighted by molar-refractivity contribution is 5.94. The number of benzene rings is 1. The number of hydrogen-bond acceptors (Lipinski definition) is 5. The molecule has 1 aromatic carbocycles. The summed E-state index contributed by atoms with van der Waals surface area (Å²) in [5.41, 5.74) is 2.70. The Morgan fingerprint density at radius 1 is 0.929 bits per heavy atom. The lowest BCUT2D eigenvalue weighted by Crippen LogP contribution is -2.50. The van der Waals surface area contributed by atoms with Gasteiger partial charge in [0.15, 0.2) is 0 Å². The second-order valence-corrected chi connectivity index (χ2v) is 8.05. The Labute approximate surface area is 165 Å². The van der Waals surface area contributed by atoms with E-state index in [2.05, 4.69) is 48.2 Å². The third kappa shape index (κ3) is 4.65. The van der Waals surface area contributed by atoms with Crippen LogP contribution in [0.2, 0.25) is 0 Å². The van der Waals surface area contributed by atoms with Crippen LogP contribution in [0.4, 0.5) is 11.6 Å². The summed E-state index contributed by atoms with van der Waals surface area (Å²) in [6.07, 6.45) is 3.08. The van der Waals surface area contributed by atoms with Crippen LogP contribution in [0.3, 0.4) is 0 Å². The SMILES string of the molecule is CC(=O)N1CCN(C(=O)c2cnc(Nc3ccc(C(C)(C)C)cc3)nc2)CC1. The zero-order valence-corrected chi connectivity index (χ0v) is 16.9. The zero-order valence-electron chi connectivity index (χ0n) is 16.9. The van der Waals surface area contributed by atoms with Crippen molar-refractivity contribution in [1.82, 2.24) is 19.8 Å². The Hall–Kier alpha value is -2.96. The molecule has 1 aromatic heterocycles. The smallest absolute Gasteiger partial charge is 0.257 e. The molecule has 2 aromatic rings. The normalized spacial score (nSPS) is 14.7. The van der Waals surface area contributed by atoms with Crippen molar-refractivity contribution in [2.75, 3.05) is 31.5 Å². The van der Waals surface area contributed by atoms with Gasteiger partial charge in [-0.3, -0.25) is 9.59 Å². The van der Waals surface area contributed by atoms with Crippen LogP contribution in [0, 0.1) is 0 Å². The highest BCUT2D eigenvalue weighted by atomic mass is 16.2. The van der Waals surface area contributed by atoms with Gasteiger partial charge in [-0.2, -0.15) is 0 Å². The number of hydrogen-bond donors (Lipinski definition) is 1. The number of nitrogens with one attached hydrogen (secondary N) is 1. The minimum absolute atomic E-state index is 0.0430. The molecule has 1 saturated heterocycles. The van der Waals surface area contributed by atoms with Gasteiger partial charge in [0, 0.05) is 51.2 Å². The summed E-state index contributed by atoms with van der Waals surface area (Å²) in [5.74, 6) is 0.382. The topological polar surface area (TPSA) is 78.4 Å². The number of carbonyl (C=O) groups excluding carboxylic acids is 2. The maximum atomic E-state index is 12.6. The molecule has 2 amide bonds. The van der Waals surface area contributed by atoms with E-state index in [0.717, 1.165) is 5.69 Å². The van der Waals surface area contributed by atoms with Crippen molar-refractivity contribution in [2.24, 2.45) is 0 Å². The van der Waals surface area contributed by atoms with Crippen LogP contribution >= 0.6 is 0 Å². The van der Waals surface area contributed by atoms with Gasteiger partial charge in [-0.25, -0.2) is 9.97 Å². The predicted molar refractivity (Wildman–Crippen MR) is 109 cm³/mol. The number of piperazine rings is 1. The molecule has 0 atom stereocenters. The molecule has 148 valence electrons. The van der Waals surface area contributed by atoms with Crippen LogP contribution in [-0.2, 0) is 10.2 Å². The molecule has 1 aliphatic rings. The summed E-state index contributed by atoms with van der Waals surface area (Å²) in [6.45, 7) is 10.2. The molecule has 0 radical (unpaired) electrons. The molecule has 0 spiro atoms. The Balaban J connectivity index is 1.60. The Morgan fingerprint density at radius 2 is 1.46 bits per heavy atom. The number of nitrogens with zero attached hydrogens (tertiary/aromatic N) is 4. The van der Waals surface area contributed by atoms with Crippen LogP contribution in [-0.4, -0.2) is 57.8 Å². The molecular weight excluding hydrogens is 354 g/mol. The predicted octanol–water partition coefficient (Wildman–Crippen LogP) is 2.82. The summed E-state index contributed by atoms with van der Waals surface area (Å²) in [6, 6.07) is 8.16. The molecule has 0 saturated carbocycles. The van der Waals surface area contributed by atoms with Gasteiger partial charge >= 0.3 is 0 Å². The van der Waals surface area contributed by atoms with Crippen molar-refractivity contribution in [3.8, 4) is 0 Å². The standard InChI is InChI=1S/C21H27N5O2/c1-15(27)25-9-11-26(12-10-25)19(28)16-13-22-20(23-14-16)24-18-7-5-17(6-8-18)21(2,3)4/h5-8,13-14H,9-12H2,1-4H3,(H,22,23,24).